The van der Waals surface area contributed by atoms with Crippen LogP contribution >= 0.6 is 0 Å². The highest BCUT2D eigenvalue weighted by molar-refractivity contribution is 5.92. The first-order valence-corrected chi connectivity index (χ1v) is 5.83. The number of halogens is 3. The van der Waals surface area contributed by atoms with E-state index in [1.165, 1.54) is 29.1 Å². The summed E-state index contributed by atoms with van der Waals surface area (Å²) in [5.41, 5.74) is 0.720. The molecule has 0 spiro atoms. The average molecular weight is 300 g/mol. The Kier molecular flexibility index (Phi) is 4.10. The van der Waals surface area contributed by atoms with Gasteiger partial charge in [-0.05, 0) is 17.7 Å². The topological polar surface area (TPSA) is 69.0 Å². The van der Waals surface area contributed by atoms with Crippen molar-refractivity contribution >= 4 is 5.91 Å². The van der Waals surface area contributed by atoms with Gasteiger partial charge in [-0.25, -0.2) is 4.68 Å². The van der Waals surface area contributed by atoms with Crippen LogP contribution in [0.3, 0.4) is 0 Å². The zero-order valence-corrected chi connectivity index (χ0v) is 10.9. The van der Waals surface area contributed by atoms with Gasteiger partial charge in [0.05, 0.1) is 6.20 Å². The third-order valence-corrected chi connectivity index (χ3v) is 2.53. The van der Waals surface area contributed by atoms with Crippen LogP contribution in [0.4, 0.5) is 13.2 Å². The molecule has 1 aromatic heterocycles. The number of rotatable bonds is 4. The molecule has 1 amide bonds. The van der Waals surface area contributed by atoms with Gasteiger partial charge in [0, 0.05) is 13.6 Å². The van der Waals surface area contributed by atoms with Gasteiger partial charge < -0.3 is 10.1 Å². The highest BCUT2D eigenvalue weighted by atomic mass is 19.4. The monoisotopic (exact) mass is 300 g/mol. The van der Waals surface area contributed by atoms with Gasteiger partial charge in [0.15, 0.2) is 0 Å². The van der Waals surface area contributed by atoms with Crippen molar-refractivity contribution in [3.05, 3.63) is 41.7 Å². The second-order valence-electron chi connectivity index (χ2n) is 4.12. The van der Waals surface area contributed by atoms with Crippen molar-refractivity contribution in [2.75, 3.05) is 0 Å². The summed E-state index contributed by atoms with van der Waals surface area (Å²) < 4.78 is 41.4. The quantitative estimate of drug-likeness (QED) is 0.932. The van der Waals surface area contributed by atoms with E-state index in [4.69, 9.17) is 0 Å². The lowest BCUT2D eigenvalue weighted by atomic mass is 10.2. The minimum Gasteiger partial charge on any atom is -0.406 e. The predicted molar refractivity (Wildman–Crippen MR) is 65.3 cm³/mol. The van der Waals surface area contributed by atoms with E-state index < -0.39 is 12.3 Å². The molecule has 1 heterocycles. The summed E-state index contributed by atoms with van der Waals surface area (Å²) in [5.74, 6) is -0.763. The fourth-order valence-corrected chi connectivity index (χ4v) is 1.62. The number of hydrogen-bond donors (Lipinski definition) is 1. The molecule has 0 saturated heterocycles. The van der Waals surface area contributed by atoms with Gasteiger partial charge >= 0.3 is 6.36 Å². The van der Waals surface area contributed by atoms with E-state index in [9.17, 15) is 18.0 Å². The second-order valence-corrected chi connectivity index (χ2v) is 4.12. The first-order chi connectivity index (χ1) is 9.85. The summed E-state index contributed by atoms with van der Waals surface area (Å²) in [6.45, 7) is 0.0546. The maximum absolute atomic E-state index is 12.1. The molecule has 0 atom stereocenters. The van der Waals surface area contributed by atoms with Crippen molar-refractivity contribution in [1.82, 2.24) is 20.3 Å². The third-order valence-electron chi connectivity index (χ3n) is 2.53. The minimum atomic E-state index is -4.75. The van der Waals surface area contributed by atoms with Gasteiger partial charge in [0.1, 0.15) is 11.4 Å². The smallest absolute Gasteiger partial charge is 0.406 e. The van der Waals surface area contributed by atoms with E-state index in [0.29, 0.717) is 5.56 Å². The number of carbonyl (C=O) groups is 1. The van der Waals surface area contributed by atoms with Crippen molar-refractivity contribution < 1.29 is 22.7 Å². The molecule has 21 heavy (non-hydrogen) atoms. The summed E-state index contributed by atoms with van der Waals surface area (Å²) in [6, 6.07) is 5.37. The number of benzene rings is 1. The minimum absolute atomic E-state index is 0.0546. The van der Waals surface area contributed by atoms with E-state index in [1.54, 1.807) is 13.1 Å². The molecule has 0 saturated carbocycles. The molecule has 6 nitrogen and oxygen atoms in total. The Morgan fingerprint density at radius 2 is 2.19 bits per heavy atom. The van der Waals surface area contributed by atoms with E-state index >= 15 is 0 Å². The van der Waals surface area contributed by atoms with Crippen molar-refractivity contribution in [2.24, 2.45) is 7.05 Å². The number of nitrogens with zero attached hydrogens (tertiary/aromatic N) is 3. The van der Waals surface area contributed by atoms with Crippen LogP contribution < -0.4 is 10.1 Å². The Morgan fingerprint density at radius 3 is 2.81 bits per heavy atom. The zero-order chi connectivity index (χ0) is 15.5. The number of amides is 1. The maximum Gasteiger partial charge on any atom is 0.573 e. The molecule has 0 unspecified atom stereocenters. The fourth-order valence-electron chi connectivity index (χ4n) is 1.62. The molecular formula is C12H11F3N4O2. The second kappa shape index (κ2) is 5.81. The standard InChI is InChI=1S/C12H11F3N4O2/c1-19-10(7-17-18-19)11(20)16-6-8-3-2-4-9(5-8)21-12(13,14)15/h2-5,7H,6H2,1H3,(H,16,20). The number of ether oxygens (including phenoxy) is 1. The Balaban J connectivity index is 1.99. The van der Waals surface area contributed by atoms with Crippen molar-refractivity contribution in [3.8, 4) is 5.75 Å². The molecule has 0 bridgehead atoms. The van der Waals surface area contributed by atoms with Crippen LogP contribution in [0.5, 0.6) is 5.75 Å². The molecular weight excluding hydrogens is 289 g/mol. The zero-order valence-electron chi connectivity index (χ0n) is 10.9. The van der Waals surface area contributed by atoms with Crippen LogP contribution in [0.25, 0.3) is 0 Å². The predicted octanol–water partition coefficient (Wildman–Crippen LogP) is 1.64. The van der Waals surface area contributed by atoms with Gasteiger partial charge in [-0.2, -0.15) is 0 Å². The van der Waals surface area contributed by atoms with Gasteiger partial charge in [-0.15, -0.1) is 18.3 Å². The summed E-state index contributed by atoms with van der Waals surface area (Å²) in [7, 11) is 1.56. The van der Waals surface area contributed by atoms with Crippen LogP contribution in [0.15, 0.2) is 30.5 Å². The van der Waals surface area contributed by atoms with E-state index in [-0.39, 0.29) is 18.0 Å². The first-order valence-electron chi connectivity index (χ1n) is 5.83. The summed E-state index contributed by atoms with van der Waals surface area (Å²) in [6.07, 6.45) is -3.46. The van der Waals surface area contributed by atoms with Gasteiger partial charge in [0.25, 0.3) is 5.91 Å². The Hall–Kier alpha value is -2.58. The third kappa shape index (κ3) is 4.20. The average Bonchev–Trinajstić information content (AvgIpc) is 2.81. The van der Waals surface area contributed by atoms with Crippen LogP contribution in [-0.4, -0.2) is 27.3 Å². The SMILES string of the molecule is Cn1nncc1C(=O)NCc1cccc(OC(F)(F)F)c1. The number of alkyl halides is 3. The molecule has 2 aromatic rings. The van der Waals surface area contributed by atoms with Crippen LogP contribution in [0.1, 0.15) is 16.1 Å². The normalized spacial score (nSPS) is 11.2. The molecule has 0 fully saturated rings. The van der Waals surface area contributed by atoms with Crippen LogP contribution in [0.2, 0.25) is 0 Å². The van der Waals surface area contributed by atoms with Crippen LogP contribution in [-0.2, 0) is 13.6 Å². The lowest BCUT2D eigenvalue weighted by Crippen LogP contribution is -2.25. The maximum atomic E-state index is 12.1. The van der Waals surface area contributed by atoms with Crippen molar-refractivity contribution in [2.45, 2.75) is 12.9 Å². The van der Waals surface area contributed by atoms with E-state index in [1.807, 2.05) is 0 Å². The number of hydrogen-bond acceptors (Lipinski definition) is 4. The molecule has 1 N–H and O–H groups in total. The first kappa shape index (κ1) is 14.8. The number of aromatic nitrogens is 3. The molecule has 0 aliphatic rings. The molecule has 1 aromatic carbocycles. The number of nitrogens with one attached hydrogen (secondary N) is 1. The fraction of sp³-hybridized carbons (Fsp3) is 0.250. The molecule has 0 aliphatic carbocycles. The van der Waals surface area contributed by atoms with Crippen molar-refractivity contribution in [1.29, 1.82) is 0 Å². The van der Waals surface area contributed by atoms with E-state index in [0.717, 1.165) is 0 Å². The lowest BCUT2D eigenvalue weighted by Gasteiger charge is -2.10. The van der Waals surface area contributed by atoms with E-state index in [2.05, 4.69) is 20.4 Å². The molecule has 0 radical (unpaired) electrons. The Morgan fingerprint density at radius 1 is 1.43 bits per heavy atom. The molecule has 9 heteroatoms. The molecule has 2 rings (SSSR count). The Bertz CT molecular complexity index is 639. The summed E-state index contributed by atoms with van der Waals surface area (Å²) in [5, 5.41) is 9.72. The highest BCUT2D eigenvalue weighted by Gasteiger charge is 2.31. The van der Waals surface area contributed by atoms with Gasteiger partial charge in [-0.1, -0.05) is 17.3 Å². The van der Waals surface area contributed by atoms with Crippen molar-refractivity contribution in [3.63, 3.8) is 0 Å². The van der Waals surface area contributed by atoms with Gasteiger partial charge in [0.2, 0.25) is 0 Å². The molecule has 0 aliphatic heterocycles. The Labute approximate surface area is 117 Å². The highest BCUT2D eigenvalue weighted by Crippen LogP contribution is 2.23. The summed E-state index contributed by atoms with van der Waals surface area (Å²) >= 11 is 0. The largest absolute Gasteiger partial charge is 0.573 e. The van der Waals surface area contributed by atoms with Gasteiger partial charge in [-0.3, -0.25) is 4.79 Å². The van der Waals surface area contributed by atoms with Crippen LogP contribution in [0, 0.1) is 0 Å². The summed E-state index contributed by atoms with van der Waals surface area (Å²) in [4.78, 5) is 11.8. The molecule has 112 valence electrons. The lowest BCUT2D eigenvalue weighted by molar-refractivity contribution is -0.274. The number of aryl methyl sites for hydroxylation is 1. The number of carbonyl (C=O) groups excluding carboxylic acids is 1.